The lowest BCUT2D eigenvalue weighted by atomic mass is 10.1. The van der Waals surface area contributed by atoms with Gasteiger partial charge in [-0.05, 0) is 37.1 Å². The van der Waals surface area contributed by atoms with E-state index in [0.717, 1.165) is 16.8 Å². The third-order valence-corrected chi connectivity index (χ3v) is 2.07. The van der Waals surface area contributed by atoms with Crippen molar-refractivity contribution in [2.24, 2.45) is 0 Å². The Kier molecular flexibility index (Phi) is 4.79. The van der Waals surface area contributed by atoms with Gasteiger partial charge in [0.1, 0.15) is 0 Å². The number of anilines is 1. The van der Waals surface area contributed by atoms with E-state index in [1.807, 2.05) is 26.0 Å². The highest BCUT2D eigenvalue weighted by Crippen LogP contribution is 2.13. The molecule has 2 amide bonds. The lowest BCUT2D eigenvalue weighted by molar-refractivity contribution is 0.198. The fraction of sp³-hybridized carbons (Fsp3) is 0.417. The van der Waals surface area contributed by atoms with Crippen LogP contribution >= 0.6 is 0 Å². The van der Waals surface area contributed by atoms with Gasteiger partial charge in [0.15, 0.2) is 0 Å². The number of urea groups is 1. The van der Waals surface area contributed by atoms with Gasteiger partial charge in [0.05, 0.1) is 6.61 Å². The minimum Gasteiger partial charge on any atom is -0.383 e. The summed E-state index contributed by atoms with van der Waals surface area (Å²) in [6.07, 6.45) is 0. The average Bonchev–Trinajstić information content (AvgIpc) is 2.16. The molecule has 0 saturated carbocycles. The predicted molar refractivity (Wildman–Crippen MR) is 64.8 cm³/mol. The molecule has 0 spiro atoms. The van der Waals surface area contributed by atoms with Gasteiger partial charge < -0.3 is 15.4 Å². The molecule has 0 heterocycles. The summed E-state index contributed by atoms with van der Waals surface area (Å²) in [6.45, 7) is 5.02. The zero-order valence-corrected chi connectivity index (χ0v) is 9.96. The van der Waals surface area contributed by atoms with E-state index < -0.39 is 0 Å². The van der Waals surface area contributed by atoms with Gasteiger partial charge in [-0.2, -0.15) is 0 Å². The molecule has 0 aromatic heterocycles. The number of hydrogen-bond donors (Lipinski definition) is 2. The van der Waals surface area contributed by atoms with Crippen LogP contribution in [0.15, 0.2) is 18.2 Å². The normalized spacial score (nSPS) is 9.94. The van der Waals surface area contributed by atoms with Gasteiger partial charge in [-0.1, -0.05) is 6.07 Å². The number of benzene rings is 1. The molecule has 0 radical (unpaired) electrons. The Labute approximate surface area is 96.0 Å². The van der Waals surface area contributed by atoms with E-state index in [-0.39, 0.29) is 6.03 Å². The summed E-state index contributed by atoms with van der Waals surface area (Å²) in [7, 11) is 1.60. The summed E-state index contributed by atoms with van der Waals surface area (Å²) >= 11 is 0. The van der Waals surface area contributed by atoms with Gasteiger partial charge >= 0.3 is 6.03 Å². The summed E-state index contributed by atoms with van der Waals surface area (Å²) in [5, 5.41) is 5.47. The molecular formula is C12H18N2O2. The van der Waals surface area contributed by atoms with Crippen molar-refractivity contribution in [3.05, 3.63) is 29.3 Å². The maximum absolute atomic E-state index is 11.4. The Bertz CT molecular complexity index is 344. The molecule has 0 aliphatic rings. The molecule has 1 aromatic rings. The van der Waals surface area contributed by atoms with Gasteiger partial charge in [-0.25, -0.2) is 4.79 Å². The number of rotatable bonds is 4. The molecule has 0 saturated heterocycles. The number of ether oxygens (including phenoxy) is 1. The third-order valence-electron chi connectivity index (χ3n) is 2.07. The third kappa shape index (κ3) is 4.31. The molecule has 0 unspecified atom stereocenters. The van der Waals surface area contributed by atoms with Crippen molar-refractivity contribution in [2.45, 2.75) is 13.8 Å². The molecule has 0 atom stereocenters. The van der Waals surface area contributed by atoms with Crippen LogP contribution in [0, 0.1) is 13.8 Å². The van der Waals surface area contributed by atoms with Crippen molar-refractivity contribution in [2.75, 3.05) is 25.6 Å². The zero-order chi connectivity index (χ0) is 12.0. The first-order chi connectivity index (χ1) is 7.61. The molecule has 0 aliphatic heterocycles. The largest absolute Gasteiger partial charge is 0.383 e. The van der Waals surface area contributed by atoms with Crippen molar-refractivity contribution in [3.63, 3.8) is 0 Å². The number of methoxy groups -OCH3 is 1. The van der Waals surface area contributed by atoms with Gasteiger partial charge in [-0.15, -0.1) is 0 Å². The zero-order valence-electron chi connectivity index (χ0n) is 9.96. The SMILES string of the molecule is COCCNC(=O)Nc1cc(C)cc(C)c1. The topological polar surface area (TPSA) is 50.4 Å². The van der Waals surface area contributed by atoms with E-state index >= 15 is 0 Å². The summed E-state index contributed by atoms with van der Waals surface area (Å²) in [4.78, 5) is 11.4. The first-order valence-corrected chi connectivity index (χ1v) is 5.24. The molecule has 4 nitrogen and oxygen atoms in total. The Morgan fingerprint density at radius 2 is 1.88 bits per heavy atom. The monoisotopic (exact) mass is 222 g/mol. The summed E-state index contributed by atoms with van der Waals surface area (Å²) in [5.74, 6) is 0. The fourth-order valence-electron chi connectivity index (χ4n) is 1.49. The van der Waals surface area contributed by atoms with Crippen LogP contribution < -0.4 is 10.6 Å². The van der Waals surface area contributed by atoms with E-state index in [1.165, 1.54) is 0 Å². The van der Waals surface area contributed by atoms with Crippen LogP contribution in [0.2, 0.25) is 0 Å². The quantitative estimate of drug-likeness (QED) is 0.766. The van der Waals surface area contributed by atoms with E-state index in [1.54, 1.807) is 7.11 Å². The van der Waals surface area contributed by atoms with E-state index in [4.69, 9.17) is 4.74 Å². The van der Waals surface area contributed by atoms with Crippen molar-refractivity contribution in [1.29, 1.82) is 0 Å². The summed E-state index contributed by atoms with van der Waals surface area (Å²) < 4.78 is 4.84. The van der Waals surface area contributed by atoms with Gasteiger partial charge in [0.25, 0.3) is 0 Å². The molecular weight excluding hydrogens is 204 g/mol. The van der Waals surface area contributed by atoms with Crippen molar-refractivity contribution in [3.8, 4) is 0 Å². The second-order valence-corrected chi connectivity index (χ2v) is 3.75. The van der Waals surface area contributed by atoms with Crippen LogP contribution in [0.5, 0.6) is 0 Å². The highest BCUT2D eigenvalue weighted by atomic mass is 16.5. The van der Waals surface area contributed by atoms with Crippen molar-refractivity contribution in [1.82, 2.24) is 5.32 Å². The summed E-state index contributed by atoms with van der Waals surface area (Å²) in [5.41, 5.74) is 3.08. The molecule has 88 valence electrons. The van der Waals surface area contributed by atoms with Gasteiger partial charge in [-0.3, -0.25) is 0 Å². The van der Waals surface area contributed by atoms with Crippen LogP contribution in [-0.4, -0.2) is 26.3 Å². The van der Waals surface area contributed by atoms with E-state index in [2.05, 4.69) is 16.7 Å². The van der Waals surface area contributed by atoms with Crippen LogP contribution in [-0.2, 0) is 4.74 Å². The van der Waals surface area contributed by atoms with Gasteiger partial charge in [0, 0.05) is 19.3 Å². The Morgan fingerprint density at radius 3 is 2.44 bits per heavy atom. The van der Waals surface area contributed by atoms with Crippen LogP contribution in [0.3, 0.4) is 0 Å². The van der Waals surface area contributed by atoms with E-state index in [0.29, 0.717) is 13.2 Å². The fourth-order valence-corrected chi connectivity index (χ4v) is 1.49. The van der Waals surface area contributed by atoms with Crippen molar-refractivity contribution >= 4 is 11.7 Å². The molecule has 0 aliphatic carbocycles. The highest BCUT2D eigenvalue weighted by Gasteiger charge is 2.01. The number of carbonyl (C=O) groups excluding carboxylic acids is 1. The number of amides is 2. The lowest BCUT2D eigenvalue weighted by Gasteiger charge is -2.08. The Balaban J connectivity index is 2.49. The van der Waals surface area contributed by atoms with Gasteiger partial charge in [0.2, 0.25) is 0 Å². The number of carbonyl (C=O) groups is 1. The number of hydrogen-bond acceptors (Lipinski definition) is 2. The van der Waals surface area contributed by atoms with E-state index in [9.17, 15) is 4.79 Å². The summed E-state index contributed by atoms with van der Waals surface area (Å²) in [6, 6.07) is 5.72. The molecule has 4 heteroatoms. The Hall–Kier alpha value is -1.55. The second-order valence-electron chi connectivity index (χ2n) is 3.75. The predicted octanol–water partition coefficient (Wildman–Crippen LogP) is 2.07. The maximum atomic E-state index is 11.4. The van der Waals surface area contributed by atoms with Crippen LogP contribution in [0.1, 0.15) is 11.1 Å². The minimum absolute atomic E-state index is 0.206. The smallest absolute Gasteiger partial charge is 0.319 e. The molecule has 16 heavy (non-hydrogen) atoms. The number of aryl methyl sites for hydroxylation is 2. The number of nitrogens with one attached hydrogen (secondary N) is 2. The molecule has 0 bridgehead atoms. The lowest BCUT2D eigenvalue weighted by Crippen LogP contribution is -2.31. The molecule has 1 aromatic carbocycles. The standard InChI is InChI=1S/C12H18N2O2/c1-9-6-10(2)8-11(7-9)14-12(15)13-4-5-16-3/h6-8H,4-5H2,1-3H3,(H2,13,14,15). The minimum atomic E-state index is -0.206. The molecule has 2 N–H and O–H groups in total. The van der Waals surface area contributed by atoms with Crippen molar-refractivity contribution < 1.29 is 9.53 Å². The first-order valence-electron chi connectivity index (χ1n) is 5.24. The molecule has 0 fully saturated rings. The van der Waals surface area contributed by atoms with Crippen LogP contribution in [0.4, 0.5) is 10.5 Å². The molecule has 1 rings (SSSR count). The van der Waals surface area contributed by atoms with Crippen LogP contribution in [0.25, 0.3) is 0 Å². The Morgan fingerprint density at radius 1 is 1.25 bits per heavy atom. The second kappa shape index (κ2) is 6.12. The first kappa shape index (κ1) is 12.5. The average molecular weight is 222 g/mol. The maximum Gasteiger partial charge on any atom is 0.319 e. The highest BCUT2D eigenvalue weighted by molar-refractivity contribution is 5.89.